The van der Waals surface area contributed by atoms with Crippen LogP contribution in [0.5, 0.6) is 0 Å². The van der Waals surface area contributed by atoms with Crippen molar-refractivity contribution in [3.05, 3.63) is 51.1 Å². The summed E-state index contributed by atoms with van der Waals surface area (Å²) in [5.74, 6) is 0.292. The van der Waals surface area contributed by atoms with Crippen LogP contribution in [0.2, 0.25) is 0 Å². The van der Waals surface area contributed by atoms with Crippen molar-refractivity contribution in [1.82, 2.24) is 30.1 Å². The number of aromatic amines is 1. The maximum Gasteiger partial charge on any atom is 0.309 e. The molecule has 10 nitrogen and oxygen atoms in total. The lowest BCUT2D eigenvalue weighted by atomic mass is 9.93. The number of esters is 1. The molecule has 1 N–H and O–H groups in total. The Morgan fingerprint density at radius 3 is 2.65 bits per heavy atom. The molecular formula is C24H32N6O4. The van der Waals surface area contributed by atoms with Crippen molar-refractivity contribution in [2.24, 2.45) is 5.92 Å². The van der Waals surface area contributed by atoms with Gasteiger partial charge in [0.05, 0.1) is 25.7 Å². The van der Waals surface area contributed by atoms with Crippen molar-refractivity contribution in [2.75, 3.05) is 33.4 Å². The number of aryl methyl sites for hydroxylation is 2. The average Bonchev–Trinajstić information content (AvgIpc) is 3.28. The molecule has 1 aliphatic rings. The fourth-order valence-corrected chi connectivity index (χ4v) is 4.59. The highest BCUT2D eigenvalue weighted by atomic mass is 16.5. The molecule has 0 unspecified atom stereocenters. The third-order valence-corrected chi connectivity index (χ3v) is 6.61. The third-order valence-electron chi connectivity index (χ3n) is 6.61. The first kappa shape index (κ1) is 24.0. The zero-order chi connectivity index (χ0) is 24.2. The van der Waals surface area contributed by atoms with Crippen LogP contribution < -0.4 is 5.56 Å². The molecule has 0 spiro atoms. The number of carbonyl (C=O) groups excluding carboxylic acids is 1. The van der Waals surface area contributed by atoms with E-state index in [1.807, 2.05) is 26.0 Å². The van der Waals surface area contributed by atoms with E-state index < -0.39 is 6.04 Å². The van der Waals surface area contributed by atoms with Gasteiger partial charge in [-0.05, 0) is 78.8 Å². The number of nitrogens with one attached hydrogen (secondary N) is 1. The zero-order valence-corrected chi connectivity index (χ0v) is 20.2. The number of carbonyl (C=O) groups is 1. The van der Waals surface area contributed by atoms with E-state index in [1.165, 1.54) is 0 Å². The highest BCUT2D eigenvalue weighted by Crippen LogP contribution is 2.31. The first-order valence-corrected chi connectivity index (χ1v) is 11.7. The molecule has 0 saturated carbocycles. The summed E-state index contributed by atoms with van der Waals surface area (Å²) in [5, 5.41) is 13.3. The first-order chi connectivity index (χ1) is 16.4. The molecule has 182 valence electrons. The van der Waals surface area contributed by atoms with E-state index in [4.69, 9.17) is 9.47 Å². The minimum absolute atomic E-state index is 0.137. The number of piperidine rings is 1. The lowest BCUT2D eigenvalue weighted by Gasteiger charge is -2.36. The molecule has 1 fully saturated rings. The Morgan fingerprint density at radius 2 is 1.94 bits per heavy atom. The Morgan fingerprint density at radius 1 is 1.21 bits per heavy atom. The number of likely N-dealkylation sites (tertiary alicyclic amines) is 1. The summed E-state index contributed by atoms with van der Waals surface area (Å²) in [7, 11) is 1.63. The molecule has 0 aliphatic carbocycles. The third kappa shape index (κ3) is 4.88. The Balaban J connectivity index is 1.74. The van der Waals surface area contributed by atoms with Crippen molar-refractivity contribution in [2.45, 2.75) is 46.2 Å². The van der Waals surface area contributed by atoms with Crippen molar-refractivity contribution >= 4 is 16.9 Å². The monoisotopic (exact) mass is 468 g/mol. The molecule has 0 amide bonds. The SMILES string of the molecule is CCOC(=O)C1CCN([C@H](c2cc3cc(C)c(C)cc3[nH]c2=O)c2nnnn2CCOC)CC1. The molecule has 1 aromatic carbocycles. The van der Waals surface area contributed by atoms with Gasteiger partial charge in [0.1, 0.15) is 6.04 Å². The van der Waals surface area contributed by atoms with Gasteiger partial charge in [-0.15, -0.1) is 5.10 Å². The second kappa shape index (κ2) is 10.4. The van der Waals surface area contributed by atoms with E-state index >= 15 is 0 Å². The van der Waals surface area contributed by atoms with E-state index in [9.17, 15) is 9.59 Å². The summed E-state index contributed by atoms with van der Waals surface area (Å²) in [5.41, 5.74) is 3.49. The number of H-pyrrole nitrogens is 1. The standard InChI is InChI=1S/C24H32N6O4/c1-5-34-24(32)17-6-8-29(9-7-17)21(22-26-27-28-30(22)10-11-33-4)19-14-18-12-15(2)16(3)13-20(18)25-23(19)31/h12-14,17,21H,5-11H2,1-4H3,(H,25,31)/t21-/m1/s1. The summed E-state index contributed by atoms with van der Waals surface area (Å²) in [4.78, 5) is 30.8. The smallest absolute Gasteiger partial charge is 0.309 e. The van der Waals surface area contributed by atoms with E-state index in [2.05, 4.69) is 38.4 Å². The van der Waals surface area contributed by atoms with Gasteiger partial charge in [-0.1, -0.05) is 0 Å². The van der Waals surface area contributed by atoms with Crippen LogP contribution in [0, 0.1) is 19.8 Å². The molecule has 4 rings (SSSR count). The van der Waals surface area contributed by atoms with Crippen LogP contribution in [-0.2, 0) is 20.8 Å². The molecule has 3 heterocycles. The molecule has 0 radical (unpaired) electrons. The Kier molecular flexibility index (Phi) is 7.38. The van der Waals surface area contributed by atoms with Crippen molar-refractivity contribution in [1.29, 1.82) is 0 Å². The van der Waals surface area contributed by atoms with Crippen LogP contribution in [0.1, 0.15) is 48.3 Å². The van der Waals surface area contributed by atoms with E-state index in [1.54, 1.807) is 11.8 Å². The molecule has 1 aliphatic heterocycles. The number of fused-ring (bicyclic) bond motifs is 1. The summed E-state index contributed by atoms with van der Waals surface area (Å²) in [6.07, 6.45) is 1.30. The van der Waals surface area contributed by atoms with Crippen LogP contribution in [0.3, 0.4) is 0 Å². The molecule has 10 heteroatoms. The number of aromatic nitrogens is 5. The molecule has 34 heavy (non-hydrogen) atoms. The largest absolute Gasteiger partial charge is 0.466 e. The number of nitrogens with zero attached hydrogens (tertiary/aromatic N) is 5. The van der Waals surface area contributed by atoms with Crippen LogP contribution in [0.15, 0.2) is 23.0 Å². The number of ether oxygens (including phenoxy) is 2. The van der Waals surface area contributed by atoms with E-state index in [0.29, 0.717) is 57.1 Å². The second-order valence-corrected chi connectivity index (χ2v) is 8.80. The van der Waals surface area contributed by atoms with Gasteiger partial charge in [-0.2, -0.15) is 0 Å². The maximum absolute atomic E-state index is 13.3. The van der Waals surface area contributed by atoms with Gasteiger partial charge in [0, 0.05) is 31.3 Å². The normalized spacial score (nSPS) is 16.1. The number of hydrogen-bond acceptors (Lipinski definition) is 8. The van der Waals surface area contributed by atoms with Crippen LogP contribution in [0.25, 0.3) is 10.9 Å². The fraction of sp³-hybridized carbons (Fsp3) is 0.542. The summed E-state index contributed by atoms with van der Waals surface area (Å²) in [6.45, 7) is 8.44. The Hall–Kier alpha value is -3.11. The van der Waals surface area contributed by atoms with Gasteiger partial charge in [0.15, 0.2) is 5.82 Å². The van der Waals surface area contributed by atoms with Gasteiger partial charge in [0.2, 0.25) is 0 Å². The molecule has 2 aromatic heterocycles. The lowest BCUT2D eigenvalue weighted by Crippen LogP contribution is -2.42. The molecule has 0 bridgehead atoms. The van der Waals surface area contributed by atoms with Gasteiger partial charge in [-0.3, -0.25) is 14.5 Å². The van der Waals surface area contributed by atoms with Gasteiger partial charge in [0.25, 0.3) is 5.56 Å². The second-order valence-electron chi connectivity index (χ2n) is 8.80. The highest BCUT2D eigenvalue weighted by molar-refractivity contribution is 5.81. The summed E-state index contributed by atoms with van der Waals surface area (Å²) >= 11 is 0. The maximum atomic E-state index is 13.3. The highest BCUT2D eigenvalue weighted by Gasteiger charge is 2.35. The van der Waals surface area contributed by atoms with Crippen molar-refractivity contribution < 1.29 is 14.3 Å². The van der Waals surface area contributed by atoms with Gasteiger partial charge < -0.3 is 14.5 Å². The number of hydrogen-bond donors (Lipinski definition) is 1. The number of methoxy groups -OCH3 is 1. The Labute approximate surface area is 198 Å². The average molecular weight is 469 g/mol. The predicted molar refractivity (Wildman–Crippen MR) is 127 cm³/mol. The minimum atomic E-state index is -0.454. The van der Waals surface area contributed by atoms with Crippen molar-refractivity contribution in [3.8, 4) is 0 Å². The molecule has 1 atom stereocenters. The number of rotatable bonds is 8. The number of tetrazole rings is 1. The topological polar surface area (TPSA) is 115 Å². The number of pyridine rings is 1. The van der Waals surface area contributed by atoms with E-state index in [0.717, 1.165) is 22.0 Å². The molecule has 3 aromatic rings. The first-order valence-electron chi connectivity index (χ1n) is 11.7. The summed E-state index contributed by atoms with van der Waals surface area (Å²) in [6, 6.07) is 5.57. The molecule has 1 saturated heterocycles. The predicted octanol–water partition coefficient (Wildman–Crippen LogP) is 2.14. The lowest BCUT2D eigenvalue weighted by molar-refractivity contribution is -0.149. The number of benzene rings is 1. The summed E-state index contributed by atoms with van der Waals surface area (Å²) < 4.78 is 12.1. The minimum Gasteiger partial charge on any atom is -0.466 e. The molecular weight excluding hydrogens is 436 g/mol. The van der Waals surface area contributed by atoms with Crippen molar-refractivity contribution in [3.63, 3.8) is 0 Å². The Bertz CT molecular complexity index is 1210. The zero-order valence-electron chi connectivity index (χ0n) is 20.2. The van der Waals surface area contributed by atoms with Crippen LogP contribution in [0.4, 0.5) is 0 Å². The van der Waals surface area contributed by atoms with E-state index in [-0.39, 0.29) is 17.4 Å². The quantitative estimate of drug-likeness (QED) is 0.500. The fourth-order valence-electron chi connectivity index (χ4n) is 4.59. The van der Waals surface area contributed by atoms with Crippen LogP contribution in [-0.4, -0.2) is 69.5 Å². The van der Waals surface area contributed by atoms with Crippen LogP contribution >= 0.6 is 0 Å². The van der Waals surface area contributed by atoms with Gasteiger partial charge in [-0.25, -0.2) is 4.68 Å². The van der Waals surface area contributed by atoms with Gasteiger partial charge >= 0.3 is 5.97 Å².